The summed E-state index contributed by atoms with van der Waals surface area (Å²) < 4.78 is 31.1. The molecule has 1 saturated carbocycles. The molecule has 1 saturated heterocycles. The number of amides is 1. The molecule has 5 rings (SSSR count). The van der Waals surface area contributed by atoms with Crippen LogP contribution in [-0.4, -0.2) is 59.6 Å². The Kier molecular flexibility index (Phi) is 4.56. The molecule has 31 heavy (non-hydrogen) atoms. The van der Waals surface area contributed by atoms with E-state index < -0.39 is 15.9 Å². The molecule has 9 heteroatoms. The van der Waals surface area contributed by atoms with E-state index in [4.69, 9.17) is 4.74 Å². The van der Waals surface area contributed by atoms with Gasteiger partial charge in [-0.05, 0) is 54.3 Å². The van der Waals surface area contributed by atoms with Crippen LogP contribution < -0.4 is 4.74 Å². The minimum atomic E-state index is -3.27. The van der Waals surface area contributed by atoms with Gasteiger partial charge in [0, 0.05) is 43.9 Å². The number of β-amino-alcohol motifs (C(OH)–C–C–N with tert-alkyl or cyclic N) is 1. The number of aryl methyl sites for hydroxylation is 1. The molecule has 2 fully saturated rings. The fourth-order valence-electron chi connectivity index (χ4n) is 4.17. The average Bonchev–Trinajstić information content (AvgIpc) is 3.38. The summed E-state index contributed by atoms with van der Waals surface area (Å²) in [5.41, 5.74) is 1.83. The van der Waals surface area contributed by atoms with E-state index in [9.17, 15) is 18.3 Å². The van der Waals surface area contributed by atoms with Gasteiger partial charge in [0.2, 0.25) is 5.91 Å². The minimum Gasteiger partial charge on any atom is -0.457 e. The number of nitrogens with zero attached hydrogens (tertiary/aromatic N) is 3. The molecule has 1 aliphatic heterocycles. The summed E-state index contributed by atoms with van der Waals surface area (Å²) in [5.74, 6) is 1.20. The van der Waals surface area contributed by atoms with Crippen molar-refractivity contribution in [3.8, 4) is 11.5 Å². The summed E-state index contributed by atoms with van der Waals surface area (Å²) in [6.07, 6.45) is 3.42. The fourth-order valence-corrected chi connectivity index (χ4v) is 4.80. The third kappa shape index (κ3) is 3.79. The summed E-state index contributed by atoms with van der Waals surface area (Å²) >= 11 is 0. The van der Waals surface area contributed by atoms with Gasteiger partial charge in [0.05, 0.1) is 16.5 Å². The Labute approximate surface area is 180 Å². The summed E-state index contributed by atoms with van der Waals surface area (Å²) in [6.45, 7) is 0.821. The molecular weight excluding hydrogens is 418 g/mol. The highest BCUT2D eigenvalue weighted by molar-refractivity contribution is 7.90. The van der Waals surface area contributed by atoms with Crippen LogP contribution in [0.5, 0.6) is 11.5 Å². The molecule has 1 aromatic heterocycles. The second-order valence-corrected chi connectivity index (χ2v) is 10.5. The molecule has 0 radical (unpaired) electrons. The van der Waals surface area contributed by atoms with E-state index in [0.29, 0.717) is 24.6 Å². The molecule has 2 atom stereocenters. The Morgan fingerprint density at radius 2 is 1.87 bits per heavy atom. The number of ether oxygens (including phenoxy) is 1. The zero-order chi connectivity index (χ0) is 21.9. The van der Waals surface area contributed by atoms with Crippen LogP contribution in [0.2, 0.25) is 0 Å². The van der Waals surface area contributed by atoms with Gasteiger partial charge in [-0.15, -0.1) is 0 Å². The van der Waals surface area contributed by atoms with Gasteiger partial charge < -0.3 is 14.7 Å². The summed E-state index contributed by atoms with van der Waals surface area (Å²) in [6, 6.07) is 10.1. The molecule has 2 heterocycles. The second-order valence-electron chi connectivity index (χ2n) is 8.44. The fraction of sp³-hybridized carbons (Fsp3) is 0.364. The normalized spacial score (nSPS) is 21.2. The topological polar surface area (TPSA) is 102 Å². The molecule has 8 nitrogen and oxygen atoms in total. The highest BCUT2D eigenvalue weighted by Gasteiger charge is 2.48. The van der Waals surface area contributed by atoms with E-state index in [1.165, 1.54) is 18.4 Å². The van der Waals surface area contributed by atoms with Crippen LogP contribution in [0.15, 0.2) is 47.5 Å². The number of aliphatic hydroxyl groups is 1. The lowest BCUT2D eigenvalue weighted by atomic mass is 10.0. The van der Waals surface area contributed by atoms with Crippen LogP contribution in [0.3, 0.4) is 0 Å². The Balaban J connectivity index is 1.42. The number of rotatable bonds is 5. The molecule has 3 aromatic rings. The standard InChI is InChI=1S/C22H23N3O5S/c1-24-10-13-7-16(30-15-3-5-17(6-4-15)31(2,28)29)8-19(21(13)23-24)18-9-20(18)22(27)25-11-14(26)12-25/h3-8,10,14,18,20,26H,9,11-12H2,1-2H3/t18?,20-/m1/s1. The van der Waals surface area contributed by atoms with Crippen molar-refractivity contribution in [2.75, 3.05) is 19.3 Å². The number of fused-ring (bicyclic) bond motifs is 1. The quantitative estimate of drug-likeness (QED) is 0.651. The second kappa shape index (κ2) is 7.06. The van der Waals surface area contributed by atoms with Gasteiger partial charge in [-0.25, -0.2) is 8.42 Å². The van der Waals surface area contributed by atoms with Crippen molar-refractivity contribution in [1.29, 1.82) is 0 Å². The zero-order valence-corrected chi connectivity index (χ0v) is 18.0. The van der Waals surface area contributed by atoms with E-state index in [0.717, 1.165) is 22.9 Å². The van der Waals surface area contributed by atoms with E-state index in [1.54, 1.807) is 21.7 Å². The average molecular weight is 442 g/mol. The summed E-state index contributed by atoms with van der Waals surface area (Å²) in [4.78, 5) is 14.6. The maximum Gasteiger partial charge on any atom is 0.226 e. The van der Waals surface area contributed by atoms with Gasteiger partial charge in [-0.3, -0.25) is 9.48 Å². The first-order valence-corrected chi connectivity index (χ1v) is 12.0. The molecule has 1 amide bonds. The van der Waals surface area contributed by atoms with Crippen LogP contribution in [0.25, 0.3) is 10.9 Å². The molecule has 0 spiro atoms. The smallest absolute Gasteiger partial charge is 0.226 e. The van der Waals surface area contributed by atoms with Gasteiger partial charge in [0.15, 0.2) is 9.84 Å². The van der Waals surface area contributed by atoms with Crippen molar-refractivity contribution in [3.05, 3.63) is 48.2 Å². The first-order valence-electron chi connectivity index (χ1n) is 10.1. The van der Waals surface area contributed by atoms with Crippen molar-refractivity contribution < 1.29 is 23.1 Å². The Hall–Kier alpha value is -2.91. The molecule has 2 aromatic carbocycles. The van der Waals surface area contributed by atoms with Gasteiger partial charge >= 0.3 is 0 Å². The monoisotopic (exact) mass is 441 g/mol. The van der Waals surface area contributed by atoms with Crippen LogP contribution in [0.1, 0.15) is 17.9 Å². The van der Waals surface area contributed by atoms with Crippen molar-refractivity contribution in [3.63, 3.8) is 0 Å². The maximum atomic E-state index is 12.7. The molecular formula is C22H23N3O5S. The maximum absolute atomic E-state index is 12.7. The number of sulfone groups is 1. The van der Waals surface area contributed by atoms with Gasteiger partial charge in [0.1, 0.15) is 11.5 Å². The number of hydrogen-bond acceptors (Lipinski definition) is 6. The Morgan fingerprint density at radius 1 is 1.16 bits per heavy atom. The van der Waals surface area contributed by atoms with Crippen molar-refractivity contribution in [2.45, 2.75) is 23.3 Å². The van der Waals surface area contributed by atoms with E-state index in [2.05, 4.69) is 5.10 Å². The Bertz CT molecular complexity index is 1280. The third-order valence-electron chi connectivity index (χ3n) is 5.89. The van der Waals surface area contributed by atoms with Crippen molar-refractivity contribution in [1.82, 2.24) is 14.7 Å². The number of carbonyl (C=O) groups excluding carboxylic acids is 1. The number of hydrogen-bond donors (Lipinski definition) is 1. The highest BCUT2D eigenvalue weighted by Crippen LogP contribution is 2.51. The van der Waals surface area contributed by atoms with Crippen molar-refractivity contribution >= 4 is 26.6 Å². The molecule has 162 valence electrons. The number of benzene rings is 2. The minimum absolute atomic E-state index is 0.0683. The van der Waals surface area contributed by atoms with E-state index >= 15 is 0 Å². The Morgan fingerprint density at radius 3 is 2.52 bits per heavy atom. The number of aromatic nitrogens is 2. The largest absolute Gasteiger partial charge is 0.457 e. The van der Waals surface area contributed by atoms with Crippen molar-refractivity contribution in [2.24, 2.45) is 13.0 Å². The molecule has 2 aliphatic rings. The number of likely N-dealkylation sites (tertiary alicyclic amines) is 1. The molecule has 1 N–H and O–H groups in total. The lowest BCUT2D eigenvalue weighted by Gasteiger charge is -2.36. The van der Waals surface area contributed by atoms with Crippen LogP contribution >= 0.6 is 0 Å². The highest BCUT2D eigenvalue weighted by atomic mass is 32.2. The van der Waals surface area contributed by atoms with E-state index in [1.807, 2.05) is 25.4 Å². The summed E-state index contributed by atoms with van der Waals surface area (Å²) in [7, 11) is -1.42. The van der Waals surface area contributed by atoms with Crippen LogP contribution in [0.4, 0.5) is 0 Å². The zero-order valence-electron chi connectivity index (χ0n) is 17.2. The lowest BCUT2D eigenvalue weighted by Crippen LogP contribution is -2.54. The number of aliphatic hydroxyl groups excluding tert-OH is 1. The third-order valence-corrected chi connectivity index (χ3v) is 7.02. The lowest BCUT2D eigenvalue weighted by molar-refractivity contribution is -0.142. The first kappa shape index (κ1) is 20.0. The summed E-state index contributed by atoms with van der Waals surface area (Å²) in [5, 5.41) is 15.0. The predicted molar refractivity (Wildman–Crippen MR) is 114 cm³/mol. The van der Waals surface area contributed by atoms with E-state index in [-0.39, 0.29) is 22.6 Å². The van der Waals surface area contributed by atoms with Gasteiger partial charge in [-0.2, -0.15) is 5.10 Å². The first-order chi connectivity index (χ1) is 14.7. The van der Waals surface area contributed by atoms with Crippen LogP contribution in [0, 0.1) is 5.92 Å². The van der Waals surface area contributed by atoms with Crippen LogP contribution in [-0.2, 0) is 21.7 Å². The predicted octanol–water partition coefficient (Wildman–Crippen LogP) is 2.08. The van der Waals surface area contributed by atoms with Gasteiger partial charge in [-0.1, -0.05) is 0 Å². The molecule has 1 aliphatic carbocycles. The molecule has 1 unspecified atom stereocenters. The number of carbonyl (C=O) groups is 1. The molecule has 0 bridgehead atoms. The van der Waals surface area contributed by atoms with Gasteiger partial charge in [0.25, 0.3) is 0 Å². The SMILES string of the molecule is Cn1cc2cc(Oc3ccc(S(C)(=O)=O)cc3)cc(C3C[C@H]3C(=O)N3CC(O)C3)c2n1.